The molecule has 2 fully saturated rings. The second-order valence-corrected chi connectivity index (χ2v) is 5.98. The lowest BCUT2D eigenvalue weighted by molar-refractivity contribution is 0.0559. The first-order valence-corrected chi connectivity index (χ1v) is 7.35. The van der Waals surface area contributed by atoms with E-state index in [1.54, 1.807) is 0 Å². The second kappa shape index (κ2) is 6.41. The summed E-state index contributed by atoms with van der Waals surface area (Å²) in [4.78, 5) is 4.51. The monoisotopic (exact) mass is 253 g/mol. The Morgan fingerprint density at radius 2 is 2.06 bits per heavy atom. The number of nitrogens with zero attached hydrogens (tertiary/aromatic N) is 1. The predicted molar refractivity (Wildman–Crippen MR) is 74.6 cm³/mol. The van der Waals surface area contributed by atoms with Crippen molar-refractivity contribution in [3.63, 3.8) is 0 Å². The van der Waals surface area contributed by atoms with E-state index in [2.05, 4.69) is 24.2 Å². The van der Waals surface area contributed by atoms with Crippen LogP contribution in [0, 0.1) is 11.8 Å². The van der Waals surface area contributed by atoms with Gasteiger partial charge in [-0.2, -0.15) is 0 Å². The molecule has 1 aliphatic heterocycles. The summed E-state index contributed by atoms with van der Waals surface area (Å²) in [7, 11) is 0. The smallest absolute Gasteiger partial charge is 0.188 e. The molecule has 2 rings (SSSR count). The summed E-state index contributed by atoms with van der Waals surface area (Å²) in [6.07, 6.45) is 6.57. The van der Waals surface area contributed by atoms with Crippen LogP contribution in [0.3, 0.4) is 0 Å². The van der Waals surface area contributed by atoms with E-state index in [1.807, 2.05) is 0 Å². The Kier molecular flexibility index (Phi) is 4.87. The summed E-state index contributed by atoms with van der Waals surface area (Å²) in [5.41, 5.74) is 5.95. The highest BCUT2D eigenvalue weighted by Crippen LogP contribution is 2.26. The quantitative estimate of drug-likeness (QED) is 0.594. The molecule has 1 saturated carbocycles. The normalized spacial score (nSPS) is 30.3. The van der Waals surface area contributed by atoms with Gasteiger partial charge in [-0.05, 0) is 25.2 Å². The number of nitrogens with one attached hydrogen (secondary N) is 1. The van der Waals surface area contributed by atoms with Gasteiger partial charge in [-0.3, -0.25) is 4.99 Å². The average molecular weight is 253 g/mol. The van der Waals surface area contributed by atoms with Crippen LogP contribution in [-0.2, 0) is 4.74 Å². The van der Waals surface area contributed by atoms with E-state index in [4.69, 9.17) is 10.5 Å². The summed E-state index contributed by atoms with van der Waals surface area (Å²) < 4.78 is 5.76. The molecule has 3 N–H and O–H groups in total. The molecule has 18 heavy (non-hydrogen) atoms. The fourth-order valence-corrected chi connectivity index (χ4v) is 3.13. The van der Waals surface area contributed by atoms with E-state index in [-0.39, 0.29) is 0 Å². The van der Waals surface area contributed by atoms with Crippen molar-refractivity contribution in [2.45, 2.75) is 58.1 Å². The lowest BCUT2D eigenvalue weighted by Gasteiger charge is -2.21. The fourth-order valence-electron chi connectivity index (χ4n) is 3.13. The lowest BCUT2D eigenvalue weighted by Crippen LogP contribution is -2.39. The molecule has 0 amide bonds. The maximum atomic E-state index is 5.95. The molecule has 0 spiro atoms. The number of rotatable bonds is 4. The first kappa shape index (κ1) is 13.7. The van der Waals surface area contributed by atoms with E-state index in [9.17, 15) is 0 Å². The van der Waals surface area contributed by atoms with E-state index >= 15 is 0 Å². The maximum absolute atomic E-state index is 5.95. The van der Waals surface area contributed by atoms with Crippen LogP contribution in [0.15, 0.2) is 4.99 Å². The fraction of sp³-hybridized carbons (Fsp3) is 0.929. The van der Waals surface area contributed by atoms with E-state index in [0.717, 1.165) is 19.6 Å². The Labute approximate surface area is 110 Å². The maximum Gasteiger partial charge on any atom is 0.188 e. The van der Waals surface area contributed by atoms with Crippen molar-refractivity contribution >= 4 is 5.96 Å². The summed E-state index contributed by atoms with van der Waals surface area (Å²) in [5.74, 6) is 1.72. The average Bonchev–Trinajstić information content (AvgIpc) is 2.96. The van der Waals surface area contributed by atoms with Crippen LogP contribution in [0.25, 0.3) is 0 Å². The van der Waals surface area contributed by atoms with E-state index in [1.165, 1.54) is 25.7 Å². The molecular weight excluding hydrogens is 226 g/mol. The molecular formula is C14H27N3O. The van der Waals surface area contributed by atoms with Crippen molar-refractivity contribution in [3.05, 3.63) is 0 Å². The Morgan fingerprint density at radius 3 is 2.72 bits per heavy atom. The molecule has 2 unspecified atom stereocenters. The first-order chi connectivity index (χ1) is 8.66. The zero-order valence-electron chi connectivity index (χ0n) is 11.7. The minimum absolute atomic E-state index is 0.355. The summed E-state index contributed by atoms with van der Waals surface area (Å²) >= 11 is 0. The first-order valence-electron chi connectivity index (χ1n) is 7.35. The molecule has 2 atom stereocenters. The van der Waals surface area contributed by atoms with Gasteiger partial charge in [0.05, 0.1) is 6.10 Å². The largest absolute Gasteiger partial charge is 0.378 e. The standard InChI is InChI=1S/C14H27N3O/c1-10(2)13-11(7-8-18-13)9-16-14(15)17-12-5-3-4-6-12/h10-13H,3-9H2,1-2H3,(H3,15,16,17). The molecule has 0 aromatic rings. The van der Waals surface area contributed by atoms with Crippen LogP contribution in [0.1, 0.15) is 46.0 Å². The van der Waals surface area contributed by atoms with Crippen LogP contribution < -0.4 is 11.1 Å². The molecule has 0 bridgehead atoms. The van der Waals surface area contributed by atoms with E-state index < -0.39 is 0 Å². The van der Waals surface area contributed by atoms with Gasteiger partial charge in [0, 0.05) is 25.1 Å². The highest BCUT2D eigenvalue weighted by Gasteiger charge is 2.30. The Hall–Kier alpha value is -0.770. The van der Waals surface area contributed by atoms with Crippen molar-refractivity contribution < 1.29 is 4.74 Å². The van der Waals surface area contributed by atoms with Gasteiger partial charge in [0.1, 0.15) is 0 Å². The lowest BCUT2D eigenvalue weighted by atomic mass is 9.93. The third-order valence-electron chi connectivity index (χ3n) is 4.12. The molecule has 0 radical (unpaired) electrons. The van der Waals surface area contributed by atoms with Gasteiger partial charge in [-0.15, -0.1) is 0 Å². The third-order valence-corrected chi connectivity index (χ3v) is 4.12. The summed E-state index contributed by atoms with van der Waals surface area (Å²) in [5, 5.41) is 3.33. The van der Waals surface area contributed by atoms with Crippen molar-refractivity contribution in [2.24, 2.45) is 22.6 Å². The zero-order chi connectivity index (χ0) is 13.0. The topological polar surface area (TPSA) is 59.6 Å². The van der Waals surface area contributed by atoms with Crippen molar-refractivity contribution in [3.8, 4) is 0 Å². The third kappa shape index (κ3) is 3.61. The minimum atomic E-state index is 0.355. The molecule has 1 heterocycles. The van der Waals surface area contributed by atoms with Crippen LogP contribution in [0.2, 0.25) is 0 Å². The number of hydrogen-bond acceptors (Lipinski definition) is 2. The number of guanidine groups is 1. The van der Waals surface area contributed by atoms with Gasteiger partial charge >= 0.3 is 0 Å². The van der Waals surface area contributed by atoms with Crippen LogP contribution in [0.5, 0.6) is 0 Å². The van der Waals surface area contributed by atoms with Crippen LogP contribution in [0.4, 0.5) is 0 Å². The molecule has 2 aliphatic rings. The second-order valence-electron chi connectivity index (χ2n) is 5.98. The molecule has 0 aromatic carbocycles. The minimum Gasteiger partial charge on any atom is -0.378 e. The van der Waals surface area contributed by atoms with Crippen LogP contribution >= 0.6 is 0 Å². The molecule has 4 heteroatoms. The molecule has 104 valence electrons. The van der Waals surface area contributed by atoms with Gasteiger partial charge in [-0.1, -0.05) is 26.7 Å². The van der Waals surface area contributed by atoms with E-state index in [0.29, 0.717) is 29.9 Å². The molecule has 0 aromatic heterocycles. The Bertz CT molecular complexity index is 285. The predicted octanol–water partition coefficient (Wildman–Crippen LogP) is 1.89. The van der Waals surface area contributed by atoms with Gasteiger partial charge in [0.25, 0.3) is 0 Å². The highest BCUT2D eigenvalue weighted by molar-refractivity contribution is 5.78. The summed E-state index contributed by atoms with van der Waals surface area (Å²) in [6.45, 7) is 6.10. The Balaban J connectivity index is 1.78. The number of hydrogen-bond donors (Lipinski definition) is 2. The molecule has 4 nitrogen and oxygen atoms in total. The molecule has 1 aliphatic carbocycles. The number of ether oxygens (including phenoxy) is 1. The SMILES string of the molecule is CC(C)C1OCCC1CN=C(N)NC1CCCC1. The number of aliphatic imine (C=N–C) groups is 1. The number of nitrogens with two attached hydrogens (primary N) is 1. The highest BCUT2D eigenvalue weighted by atomic mass is 16.5. The van der Waals surface area contributed by atoms with Crippen molar-refractivity contribution in [1.82, 2.24) is 5.32 Å². The van der Waals surface area contributed by atoms with Gasteiger partial charge in [-0.25, -0.2) is 0 Å². The van der Waals surface area contributed by atoms with Crippen molar-refractivity contribution in [1.29, 1.82) is 0 Å². The zero-order valence-corrected chi connectivity index (χ0v) is 11.7. The van der Waals surface area contributed by atoms with Gasteiger partial charge in [0.15, 0.2) is 5.96 Å². The Morgan fingerprint density at radius 1 is 1.33 bits per heavy atom. The van der Waals surface area contributed by atoms with Crippen molar-refractivity contribution in [2.75, 3.05) is 13.2 Å². The summed E-state index contributed by atoms with van der Waals surface area (Å²) in [6, 6.07) is 0.550. The van der Waals surface area contributed by atoms with Crippen LogP contribution in [-0.4, -0.2) is 31.3 Å². The molecule has 1 saturated heterocycles. The van der Waals surface area contributed by atoms with Gasteiger partial charge in [0.2, 0.25) is 0 Å². The van der Waals surface area contributed by atoms with Gasteiger partial charge < -0.3 is 15.8 Å².